The van der Waals surface area contributed by atoms with Crippen LogP contribution >= 0.6 is 23.8 Å². The fourth-order valence-corrected chi connectivity index (χ4v) is 3.81. The molecular weight excluding hydrogens is 432 g/mol. The van der Waals surface area contributed by atoms with Crippen LogP contribution in [0.3, 0.4) is 0 Å². The Hall–Kier alpha value is -3.16. The standard InChI is InChI=1S/C23H21ClN4O2S/c1-14-20-18(27-28-23(31)26-16-6-3-2-4-7-16)8-5-9-19(20)30-21(14)22(29)25-17-12-10-15(24)11-13-17/h2-4,6-7,10-13H,5,8-9H2,1H3,(H,25,29)(H2,26,28,31)/b27-18+. The van der Waals surface area contributed by atoms with E-state index in [-0.39, 0.29) is 5.91 Å². The van der Waals surface area contributed by atoms with Crippen LogP contribution in [0.1, 0.15) is 40.3 Å². The number of hydrogen-bond acceptors (Lipinski definition) is 4. The number of fused-ring (bicyclic) bond motifs is 1. The summed E-state index contributed by atoms with van der Waals surface area (Å²) in [6.07, 6.45) is 2.42. The van der Waals surface area contributed by atoms with Crippen LogP contribution in [0.15, 0.2) is 64.1 Å². The highest BCUT2D eigenvalue weighted by atomic mass is 35.5. The average molecular weight is 453 g/mol. The van der Waals surface area contributed by atoms with E-state index in [1.54, 1.807) is 24.3 Å². The molecule has 1 aromatic heterocycles. The number of para-hydroxylation sites is 1. The van der Waals surface area contributed by atoms with E-state index in [0.717, 1.165) is 47.5 Å². The number of halogens is 1. The number of carbonyl (C=O) groups excluding carboxylic acids is 1. The van der Waals surface area contributed by atoms with E-state index in [4.69, 9.17) is 28.2 Å². The summed E-state index contributed by atoms with van der Waals surface area (Å²) in [5, 5.41) is 11.4. The van der Waals surface area contributed by atoms with Gasteiger partial charge in [-0.05, 0) is 68.4 Å². The van der Waals surface area contributed by atoms with E-state index < -0.39 is 0 Å². The van der Waals surface area contributed by atoms with Crippen LogP contribution in [0.2, 0.25) is 5.02 Å². The van der Waals surface area contributed by atoms with Gasteiger partial charge < -0.3 is 15.1 Å². The number of aryl methyl sites for hydroxylation is 1. The van der Waals surface area contributed by atoms with E-state index in [9.17, 15) is 4.79 Å². The lowest BCUT2D eigenvalue weighted by Gasteiger charge is -2.14. The SMILES string of the molecule is Cc1c(C(=O)Nc2ccc(Cl)cc2)oc2c1/C(=N/NC(=S)Nc1ccccc1)CCC2. The molecule has 1 aliphatic carbocycles. The Bertz CT molecular complexity index is 1140. The van der Waals surface area contributed by atoms with Crippen LogP contribution in [-0.2, 0) is 6.42 Å². The van der Waals surface area contributed by atoms with E-state index in [0.29, 0.717) is 21.6 Å². The fourth-order valence-electron chi connectivity index (χ4n) is 3.52. The molecule has 0 spiro atoms. The second kappa shape index (κ2) is 9.32. The van der Waals surface area contributed by atoms with Crippen molar-refractivity contribution in [1.82, 2.24) is 5.43 Å². The van der Waals surface area contributed by atoms with Crippen LogP contribution in [0, 0.1) is 6.92 Å². The van der Waals surface area contributed by atoms with Crippen molar-refractivity contribution in [2.45, 2.75) is 26.2 Å². The highest BCUT2D eigenvalue weighted by Gasteiger charge is 2.28. The second-order valence-electron chi connectivity index (χ2n) is 7.16. The number of rotatable bonds is 4. The highest BCUT2D eigenvalue weighted by molar-refractivity contribution is 7.80. The molecule has 3 N–H and O–H groups in total. The molecule has 4 rings (SSSR count). The van der Waals surface area contributed by atoms with Gasteiger partial charge in [0, 0.05) is 33.9 Å². The fraction of sp³-hybridized carbons (Fsp3) is 0.174. The number of hydrazone groups is 1. The number of anilines is 2. The van der Waals surface area contributed by atoms with Gasteiger partial charge in [-0.2, -0.15) is 5.10 Å². The first-order valence-electron chi connectivity index (χ1n) is 9.89. The molecule has 1 aliphatic rings. The van der Waals surface area contributed by atoms with Crippen molar-refractivity contribution in [3.8, 4) is 0 Å². The molecule has 31 heavy (non-hydrogen) atoms. The molecule has 0 aliphatic heterocycles. The average Bonchev–Trinajstić information content (AvgIpc) is 3.12. The highest BCUT2D eigenvalue weighted by Crippen LogP contribution is 2.30. The number of nitrogens with one attached hydrogen (secondary N) is 3. The Morgan fingerprint density at radius 1 is 1.03 bits per heavy atom. The minimum Gasteiger partial charge on any atom is -0.455 e. The van der Waals surface area contributed by atoms with Crippen molar-refractivity contribution in [2.24, 2.45) is 5.10 Å². The lowest BCUT2D eigenvalue weighted by Crippen LogP contribution is -2.26. The number of furan rings is 1. The predicted octanol–water partition coefficient (Wildman–Crippen LogP) is 5.52. The third-order valence-corrected chi connectivity index (χ3v) is 5.40. The van der Waals surface area contributed by atoms with Crippen molar-refractivity contribution in [3.05, 3.63) is 82.3 Å². The third kappa shape index (κ3) is 4.95. The summed E-state index contributed by atoms with van der Waals surface area (Å²) in [7, 11) is 0. The monoisotopic (exact) mass is 452 g/mol. The summed E-state index contributed by atoms with van der Waals surface area (Å²) in [5.74, 6) is 0.759. The summed E-state index contributed by atoms with van der Waals surface area (Å²) >= 11 is 11.2. The van der Waals surface area contributed by atoms with Crippen molar-refractivity contribution in [2.75, 3.05) is 10.6 Å². The molecule has 0 bridgehead atoms. The molecule has 0 saturated heterocycles. The Morgan fingerprint density at radius 3 is 2.48 bits per heavy atom. The molecule has 8 heteroatoms. The third-order valence-electron chi connectivity index (χ3n) is 4.96. The van der Waals surface area contributed by atoms with Gasteiger partial charge in [0.1, 0.15) is 5.76 Å². The minimum absolute atomic E-state index is 0.291. The molecule has 1 amide bonds. The predicted molar refractivity (Wildman–Crippen MR) is 128 cm³/mol. The number of nitrogens with zero attached hydrogens (tertiary/aromatic N) is 1. The first kappa shape index (κ1) is 21.1. The van der Waals surface area contributed by atoms with Crippen LogP contribution in [0.25, 0.3) is 0 Å². The number of benzene rings is 2. The van der Waals surface area contributed by atoms with Crippen LogP contribution in [-0.4, -0.2) is 16.7 Å². The van der Waals surface area contributed by atoms with Gasteiger partial charge in [-0.15, -0.1) is 0 Å². The van der Waals surface area contributed by atoms with Crippen molar-refractivity contribution in [3.63, 3.8) is 0 Å². The van der Waals surface area contributed by atoms with E-state index in [1.807, 2.05) is 37.3 Å². The molecule has 0 saturated carbocycles. The summed E-state index contributed by atoms with van der Waals surface area (Å²) in [4.78, 5) is 12.8. The quantitative estimate of drug-likeness (QED) is 0.359. The lowest BCUT2D eigenvalue weighted by atomic mass is 9.93. The van der Waals surface area contributed by atoms with Crippen LogP contribution in [0.5, 0.6) is 0 Å². The Morgan fingerprint density at radius 2 is 1.74 bits per heavy atom. The van der Waals surface area contributed by atoms with Crippen LogP contribution in [0.4, 0.5) is 11.4 Å². The zero-order chi connectivity index (χ0) is 21.8. The topological polar surface area (TPSA) is 78.7 Å². The molecular formula is C23H21ClN4O2S. The van der Waals surface area contributed by atoms with Gasteiger partial charge >= 0.3 is 0 Å². The van der Waals surface area contributed by atoms with E-state index >= 15 is 0 Å². The van der Waals surface area contributed by atoms with Crippen molar-refractivity contribution >= 4 is 51.9 Å². The maximum atomic E-state index is 12.8. The summed E-state index contributed by atoms with van der Waals surface area (Å²) in [6, 6.07) is 16.6. The second-order valence-corrected chi connectivity index (χ2v) is 8.00. The zero-order valence-corrected chi connectivity index (χ0v) is 18.4. The molecule has 0 atom stereocenters. The Labute approximate surface area is 190 Å². The van der Waals surface area contributed by atoms with Crippen molar-refractivity contribution in [1.29, 1.82) is 0 Å². The number of carbonyl (C=O) groups is 1. The number of thiocarbonyl (C=S) groups is 1. The van der Waals surface area contributed by atoms with Crippen molar-refractivity contribution < 1.29 is 9.21 Å². The van der Waals surface area contributed by atoms with Gasteiger partial charge in [-0.3, -0.25) is 10.2 Å². The molecule has 0 unspecified atom stereocenters. The Balaban J connectivity index is 1.51. The lowest BCUT2D eigenvalue weighted by molar-refractivity contribution is 0.0994. The maximum Gasteiger partial charge on any atom is 0.291 e. The zero-order valence-electron chi connectivity index (χ0n) is 16.9. The minimum atomic E-state index is -0.303. The Kier molecular flexibility index (Phi) is 6.34. The first-order valence-corrected chi connectivity index (χ1v) is 10.7. The molecule has 0 radical (unpaired) electrons. The largest absolute Gasteiger partial charge is 0.455 e. The number of hydrogen-bond donors (Lipinski definition) is 3. The molecule has 1 heterocycles. The molecule has 3 aromatic rings. The molecule has 0 fully saturated rings. The van der Waals surface area contributed by atoms with E-state index in [1.165, 1.54) is 0 Å². The van der Waals surface area contributed by atoms with Gasteiger partial charge in [0.25, 0.3) is 5.91 Å². The summed E-state index contributed by atoms with van der Waals surface area (Å²) in [6.45, 7) is 1.88. The normalized spacial score (nSPS) is 14.1. The summed E-state index contributed by atoms with van der Waals surface area (Å²) < 4.78 is 5.93. The van der Waals surface area contributed by atoms with E-state index in [2.05, 4.69) is 21.2 Å². The van der Waals surface area contributed by atoms with Gasteiger partial charge in [0.2, 0.25) is 0 Å². The number of amides is 1. The smallest absolute Gasteiger partial charge is 0.291 e. The van der Waals surface area contributed by atoms with Gasteiger partial charge in [-0.25, -0.2) is 0 Å². The maximum absolute atomic E-state index is 12.8. The van der Waals surface area contributed by atoms with Gasteiger partial charge in [0.05, 0.1) is 5.71 Å². The van der Waals surface area contributed by atoms with Gasteiger partial charge in [0.15, 0.2) is 10.9 Å². The molecule has 6 nitrogen and oxygen atoms in total. The molecule has 2 aromatic carbocycles. The van der Waals surface area contributed by atoms with Crippen LogP contribution < -0.4 is 16.1 Å². The molecule has 158 valence electrons. The first-order chi connectivity index (χ1) is 15.0. The summed E-state index contributed by atoms with van der Waals surface area (Å²) in [5.41, 5.74) is 6.90. The van der Waals surface area contributed by atoms with Gasteiger partial charge in [-0.1, -0.05) is 29.8 Å².